The second-order valence-corrected chi connectivity index (χ2v) is 3.28. The van der Waals surface area contributed by atoms with Gasteiger partial charge in [-0.1, -0.05) is 6.07 Å². The first-order valence-corrected chi connectivity index (χ1v) is 4.46. The summed E-state index contributed by atoms with van der Waals surface area (Å²) in [6.07, 6.45) is 1.80. The minimum absolute atomic E-state index is 0.138. The van der Waals surface area contributed by atoms with Crippen LogP contribution in [-0.4, -0.2) is 6.54 Å². The molecule has 1 N–H and O–H groups in total. The fraction of sp³-hybridized carbons (Fsp3) is 0.400. The highest BCUT2D eigenvalue weighted by Crippen LogP contribution is 2.27. The molecule has 0 aromatic heterocycles. The van der Waals surface area contributed by atoms with Crippen molar-refractivity contribution in [2.24, 2.45) is 0 Å². The van der Waals surface area contributed by atoms with Crippen molar-refractivity contribution in [3.8, 4) is 0 Å². The van der Waals surface area contributed by atoms with Crippen LogP contribution in [0.25, 0.3) is 0 Å². The van der Waals surface area contributed by atoms with Crippen LogP contribution in [0.1, 0.15) is 24.4 Å². The Morgan fingerprint density at radius 3 is 2.46 bits per heavy atom. The van der Waals surface area contributed by atoms with Crippen LogP contribution in [0.4, 0.5) is 8.78 Å². The summed E-state index contributed by atoms with van der Waals surface area (Å²) in [5, 5.41) is 3.07. The van der Waals surface area contributed by atoms with Gasteiger partial charge in [0.15, 0.2) is 0 Å². The zero-order chi connectivity index (χ0) is 9.26. The maximum atomic E-state index is 13.2. The lowest BCUT2D eigenvalue weighted by atomic mass is 10.0. The second kappa shape index (κ2) is 3.42. The molecule has 1 aliphatic heterocycles. The lowest BCUT2D eigenvalue weighted by Crippen LogP contribution is -2.15. The van der Waals surface area contributed by atoms with Gasteiger partial charge in [0.05, 0.1) is 0 Å². The molecule has 1 saturated heterocycles. The topological polar surface area (TPSA) is 12.0 Å². The van der Waals surface area contributed by atoms with E-state index in [9.17, 15) is 8.78 Å². The van der Waals surface area contributed by atoms with E-state index >= 15 is 0 Å². The van der Waals surface area contributed by atoms with Crippen LogP contribution < -0.4 is 5.32 Å². The zero-order valence-corrected chi connectivity index (χ0v) is 7.19. The first-order chi connectivity index (χ1) is 6.29. The van der Waals surface area contributed by atoms with E-state index in [0.717, 1.165) is 19.4 Å². The Bertz CT molecular complexity index is 286. The number of hydrogen-bond acceptors (Lipinski definition) is 1. The van der Waals surface area contributed by atoms with Gasteiger partial charge in [-0.05, 0) is 31.5 Å². The third-order valence-electron chi connectivity index (χ3n) is 2.41. The monoisotopic (exact) mass is 183 g/mol. The summed E-state index contributed by atoms with van der Waals surface area (Å²) in [5.41, 5.74) is 0.194. The van der Waals surface area contributed by atoms with Crippen molar-refractivity contribution < 1.29 is 8.78 Å². The molecule has 3 heteroatoms. The van der Waals surface area contributed by atoms with Crippen molar-refractivity contribution in [2.75, 3.05) is 6.54 Å². The molecule has 1 atom stereocenters. The smallest absolute Gasteiger partial charge is 0.130 e. The van der Waals surface area contributed by atoms with Gasteiger partial charge in [-0.15, -0.1) is 0 Å². The molecular formula is C10H11F2N. The van der Waals surface area contributed by atoms with Crippen molar-refractivity contribution in [3.63, 3.8) is 0 Å². The fourth-order valence-electron chi connectivity index (χ4n) is 1.77. The van der Waals surface area contributed by atoms with E-state index in [1.54, 1.807) is 0 Å². The van der Waals surface area contributed by atoms with E-state index in [0.29, 0.717) is 0 Å². The number of benzene rings is 1. The quantitative estimate of drug-likeness (QED) is 0.704. The summed E-state index contributed by atoms with van der Waals surface area (Å²) < 4.78 is 26.4. The maximum absolute atomic E-state index is 13.2. The molecule has 0 amide bonds. The SMILES string of the molecule is Fc1cccc(F)c1[C@@H]1CCCN1. The molecule has 1 aliphatic rings. The van der Waals surface area contributed by atoms with E-state index < -0.39 is 11.6 Å². The zero-order valence-electron chi connectivity index (χ0n) is 7.19. The van der Waals surface area contributed by atoms with Gasteiger partial charge in [-0.3, -0.25) is 0 Å². The Balaban J connectivity index is 2.37. The minimum atomic E-state index is -0.445. The van der Waals surface area contributed by atoms with Gasteiger partial charge in [-0.2, -0.15) is 0 Å². The Hall–Kier alpha value is -0.960. The lowest BCUT2D eigenvalue weighted by molar-refractivity contribution is 0.507. The van der Waals surface area contributed by atoms with E-state index in [1.165, 1.54) is 18.2 Å². The molecule has 0 aliphatic carbocycles. The normalized spacial score (nSPS) is 22.2. The third-order valence-corrected chi connectivity index (χ3v) is 2.41. The molecular weight excluding hydrogens is 172 g/mol. The van der Waals surface area contributed by atoms with Gasteiger partial charge in [-0.25, -0.2) is 8.78 Å². The van der Waals surface area contributed by atoms with Crippen molar-refractivity contribution in [1.82, 2.24) is 5.32 Å². The van der Waals surface area contributed by atoms with Crippen LogP contribution in [0.2, 0.25) is 0 Å². The van der Waals surface area contributed by atoms with E-state index in [1.807, 2.05) is 0 Å². The summed E-state index contributed by atoms with van der Waals surface area (Å²) in [7, 11) is 0. The van der Waals surface area contributed by atoms with E-state index in [2.05, 4.69) is 5.32 Å². The molecule has 0 saturated carbocycles. The lowest BCUT2D eigenvalue weighted by Gasteiger charge is -2.12. The second-order valence-electron chi connectivity index (χ2n) is 3.28. The molecule has 0 radical (unpaired) electrons. The Kier molecular flexibility index (Phi) is 2.27. The van der Waals surface area contributed by atoms with Crippen LogP contribution >= 0.6 is 0 Å². The van der Waals surface area contributed by atoms with Gasteiger partial charge >= 0.3 is 0 Å². The van der Waals surface area contributed by atoms with Gasteiger partial charge in [0.2, 0.25) is 0 Å². The van der Waals surface area contributed by atoms with Crippen molar-refractivity contribution in [3.05, 3.63) is 35.4 Å². The van der Waals surface area contributed by atoms with Gasteiger partial charge in [0.1, 0.15) is 11.6 Å². The van der Waals surface area contributed by atoms with Crippen LogP contribution in [0.5, 0.6) is 0 Å². The minimum Gasteiger partial charge on any atom is -0.310 e. The van der Waals surface area contributed by atoms with Gasteiger partial charge < -0.3 is 5.32 Å². The molecule has 1 aromatic carbocycles. The molecule has 13 heavy (non-hydrogen) atoms. The number of hydrogen-bond donors (Lipinski definition) is 1. The average Bonchev–Trinajstić information content (AvgIpc) is 2.57. The number of halogens is 2. The van der Waals surface area contributed by atoms with Crippen LogP contribution in [0, 0.1) is 11.6 Å². The molecule has 1 fully saturated rings. The molecule has 0 spiro atoms. The standard InChI is InChI=1S/C10H11F2N/c11-7-3-1-4-8(12)10(7)9-5-2-6-13-9/h1,3-4,9,13H,2,5-6H2/t9-/m0/s1. The largest absolute Gasteiger partial charge is 0.310 e. The molecule has 2 rings (SSSR count). The highest BCUT2D eigenvalue weighted by molar-refractivity contribution is 5.23. The van der Waals surface area contributed by atoms with E-state index in [-0.39, 0.29) is 11.6 Å². The van der Waals surface area contributed by atoms with E-state index in [4.69, 9.17) is 0 Å². The highest BCUT2D eigenvalue weighted by atomic mass is 19.1. The molecule has 0 unspecified atom stereocenters. The van der Waals surface area contributed by atoms with Crippen LogP contribution in [0.3, 0.4) is 0 Å². The van der Waals surface area contributed by atoms with Crippen molar-refractivity contribution in [1.29, 1.82) is 0 Å². The molecule has 1 nitrogen and oxygen atoms in total. The number of rotatable bonds is 1. The Morgan fingerprint density at radius 2 is 1.92 bits per heavy atom. The molecule has 0 bridgehead atoms. The summed E-state index contributed by atoms with van der Waals surface area (Å²) in [6.45, 7) is 0.846. The maximum Gasteiger partial charge on any atom is 0.130 e. The first kappa shape index (κ1) is 8.63. The predicted molar refractivity (Wildman–Crippen MR) is 46.3 cm³/mol. The molecule has 70 valence electrons. The molecule has 1 aromatic rings. The van der Waals surface area contributed by atoms with Crippen molar-refractivity contribution in [2.45, 2.75) is 18.9 Å². The first-order valence-electron chi connectivity index (χ1n) is 4.46. The Morgan fingerprint density at radius 1 is 1.23 bits per heavy atom. The Labute approximate surface area is 75.8 Å². The van der Waals surface area contributed by atoms with Gasteiger partial charge in [0, 0.05) is 11.6 Å². The summed E-state index contributed by atoms with van der Waals surface area (Å²) in [4.78, 5) is 0. The van der Waals surface area contributed by atoms with Crippen molar-refractivity contribution >= 4 is 0 Å². The number of nitrogens with one attached hydrogen (secondary N) is 1. The fourth-order valence-corrected chi connectivity index (χ4v) is 1.77. The summed E-state index contributed by atoms with van der Waals surface area (Å²) in [5.74, 6) is -0.890. The predicted octanol–water partition coefficient (Wildman–Crippen LogP) is 2.39. The highest BCUT2D eigenvalue weighted by Gasteiger charge is 2.22. The summed E-state index contributed by atoms with van der Waals surface area (Å²) in [6, 6.07) is 3.86. The third kappa shape index (κ3) is 1.56. The average molecular weight is 183 g/mol. The molecule has 1 heterocycles. The van der Waals surface area contributed by atoms with Crippen LogP contribution in [0.15, 0.2) is 18.2 Å². The van der Waals surface area contributed by atoms with Gasteiger partial charge in [0.25, 0.3) is 0 Å². The van der Waals surface area contributed by atoms with Crippen LogP contribution in [-0.2, 0) is 0 Å². The summed E-state index contributed by atoms with van der Waals surface area (Å²) >= 11 is 0.